The predicted octanol–water partition coefficient (Wildman–Crippen LogP) is 4.11. The number of rotatable bonds is 5. The van der Waals surface area contributed by atoms with Gasteiger partial charge in [-0.05, 0) is 42.8 Å². The van der Waals surface area contributed by atoms with Crippen LogP contribution in [-0.2, 0) is 15.8 Å². The van der Waals surface area contributed by atoms with Gasteiger partial charge in [-0.3, -0.25) is 14.4 Å². The van der Waals surface area contributed by atoms with E-state index in [9.17, 15) is 27.6 Å². The molecule has 0 aliphatic carbocycles. The maximum absolute atomic E-state index is 12.7. The molecule has 2 rings (SSSR count). The first-order valence-electron chi connectivity index (χ1n) is 8.64. The summed E-state index contributed by atoms with van der Waals surface area (Å²) in [5.74, 6) is -1.22. The minimum absolute atomic E-state index is 0.166. The van der Waals surface area contributed by atoms with E-state index < -0.39 is 23.7 Å². The van der Waals surface area contributed by atoms with Crippen molar-refractivity contribution in [1.29, 1.82) is 0 Å². The highest BCUT2D eigenvalue weighted by Gasteiger charge is 2.30. The number of carbonyl (C=O) groups excluding carboxylic acids is 3. The molecule has 1 unspecified atom stereocenters. The molecular formula is C20H20F3N3O3. The van der Waals surface area contributed by atoms with Crippen LogP contribution in [0.25, 0.3) is 0 Å². The van der Waals surface area contributed by atoms with Gasteiger partial charge in [0.15, 0.2) is 0 Å². The van der Waals surface area contributed by atoms with Crippen molar-refractivity contribution in [2.24, 2.45) is 0 Å². The molecule has 2 aromatic carbocycles. The molecule has 0 aliphatic heterocycles. The van der Waals surface area contributed by atoms with Crippen molar-refractivity contribution in [2.75, 3.05) is 10.6 Å². The second-order valence-electron chi connectivity index (χ2n) is 6.48. The van der Waals surface area contributed by atoms with Gasteiger partial charge in [-0.25, -0.2) is 0 Å². The van der Waals surface area contributed by atoms with Gasteiger partial charge in [0.1, 0.15) is 0 Å². The van der Waals surface area contributed by atoms with Crippen LogP contribution in [0.3, 0.4) is 0 Å². The first kappa shape index (κ1) is 21.9. The van der Waals surface area contributed by atoms with E-state index >= 15 is 0 Å². The summed E-state index contributed by atoms with van der Waals surface area (Å²) in [6.07, 6.45) is -4.44. The van der Waals surface area contributed by atoms with Crippen molar-refractivity contribution in [1.82, 2.24) is 5.32 Å². The van der Waals surface area contributed by atoms with Crippen molar-refractivity contribution in [2.45, 2.75) is 33.0 Å². The number of anilines is 2. The van der Waals surface area contributed by atoms with Crippen LogP contribution in [0.2, 0.25) is 0 Å². The Morgan fingerprint density at radius 2 is 1.34 bits per heavy atom. The van der Waals surface area contributed by atoms with Gasteiger partial charge in [-0.15, -0.1) is 0 Å². The molecule has 0 radical (unpaired) electrons. The lowest BCUT2D eigenvalue weighted by atomic mass is 10.0. The highest BCUT2D eigenvalue weighted by molar-refractivity contribution is 6.00. The van der Waals surface area contributed by atoms with Crippen molar-refractivity contribution in [3.8, 4) is 0 Å². The quantitative estimate of drug-likeness (QED) is 0.697. The Labute approximate surface area is 165 Å². The molecule has 2 aromatic rings. The molecule has 0 saturated carbocycles. The van der Waals surface area contributed by atoms with Crippen molar-refractivity contribution in [3.05, 3.63) is 59.2 Å². The van der Waals surface area contributed by atoms with Crippen molar-refractivity contribution >= 4 is 29.1 Å². The van der Waals surface area contributed by atoms with Crippen LogP contribution in [0.1, 0.15) is 48.3 Å². The van der Waals surface area contributed by atoms with Gasteiger partial charge in [0.05, 0.1) is 11.6 Å². The lowest BCUT2D eigenvalue weighted by Crippen LogP contribution is -2.27. The van der Waals surface area contributed by atoms with E-state index in [1.54, 1.807) is 6.92 Å². The predicted molar refractivity (Wildman–Crippen MR) is 102 cm³/mol. The number of hydrogen-bond acceptors (Lipinski definition) is 3. The second kappa shape index (κ2) is 8.76. The van der Waals surface area contributed by atoms with Crippen LogP contribution in [0.4, 0.5) is 24.5 Å². The van der Waals surface area contributed by atoms with Gasteiger partial charge in [0.2, 0.25) is 11.8 Å². The maximum Gasteiger partial charge on any atom is 0.416 e. The van der Waals surface area contributed by atoms with E-state index in [0.717, 1.165) is 12.1 Å². The van der Waals surface area contributed by atoms with E-state index in [-0.39, 0.29) is 17.4 Å². The molecule has 0 heterocycles. The Hall–Kier alpha value is -3.36. The Morgan fingerprint density at radius 3 is 1.76 bits per heavy atom. The van der Waals surface area contributed by atoms with E-state index in [1.807, 2.05) is 0 Å². The number of hydrogen-bond donors (Lipinski definition) is 3. The summed E-state index contributed by atoms with van der Waals surface area (Å²) in [4.78, 5) is 35.2. The molecule has 0 aliphatic rings. The summed E-state index contributed by atoms with van der Waals surface area (Å²) in [6.45, 7) is 4.24. The third-order valence-electron chi connectivity index (χ3n) is 3.92. The van der Waals surface area contributed by atoms with Gasteiger partial charge < -0.3 is 16.0 Å². The van der Waals surface area contributed by atoms with Crippen LogP contribution >= 0.6 is 0 Å². The molecule has 0 fully saturated rings. The van der Waals surface area contributed by atoms with E-state index in [1.165, 1.54) is 44.2 Å². The molecule has 0 aromatic heterocycles. The van der Waals surface area contributed by atoms with Crippen molar-refractivity contribution < 1.29 is 27.6 Å². The molecular weight excluding hydrogens is 387 g/mol. The number of amides is 3. The minimum Gasteiger partial charge on any atom is -0.346 e. The van der Waals surface area contributed by atoms with Gasteiger partial charge in [0.25, 0.3) is 5.91 Å². The summed E-state index contributed by atoms with van der Waals surface area (Å²) < 4.78 is 38.0. The topological polar surface area (TPSA) is 87.3 Å². The van der Waals surface area contributed by atoms with Crippen LogP contribution in [0, 0.1) is 0 Å². The zero-order valence-corrected chi connectivity index (χ0v) is 16.0. The summed E-state index contributed by atoms with van der Waals surface area (Å²) >= 11 is 0. The number of benzene rings is 2. The third kappa shape index (κ3) is 6.34. The Balaban J connectivity index is 2.22. The minimum atomic E-state index is -4.44. The fraction of sp³-hybridized carbons (Fsp3) is 0.250. The summed E-state index contributed by atoms with van der Waals surface area (Å²) in [5, 5.41) is 7.77. The summed E-state index contributed by atoms with van der Waals surface area (Å²) in [7, 11) is 0. The van der Waals surface area contributed by atoms with Crippen LogP contribution in [0.15, 0.2) is 42.5 Å². The Morgan fingerprint density at radius 1 is 0.862 bits per heavy atom. The standard InChI is InChI=1S/C20H20F3N3O3/c1-11(14-4-6-16(7-5-14)20(21,22)23)24-19(29)15-8-17(25-12(2)27)10-18(9-15)26-13(3)28/h4-11H,1-3H3,(H,24,29)(H,25,27)(H,26,28). The molecule has 154 valence electrons. The zero-order chi connectivity index (χ0) is 21.8. The van der Waals surface area contributed by atoms with E-state index in [2.05, 4.69) is 16.0 Å². The van der Waals surface area contributed by atoms with Crippen LogP contribution in [-0.4, -0.2) is 17.7 Å². The lowest BCUT2D eigenvalue weighted by Gasteiger charge is -2.17. The molecule has 0 bridgehead atoms. The SMILES string of the molecule is CC(=O)Nc1cc(NC(C)=O)cc(C(=O)NC(C)c2ccc(C(F)(F)F)cc2)c1. The Bertz CT molecular complexity index is 891. The molecule has 1 atom stereocenters. The number of alkyl halides is 3. The monoisotopic (exact) mass is 407 g/mol. The molecule has 0 saturated heterocycles. The van der Waals surface area contributed by atoms with Crippen LogP contribution in [0.5, 0.6) is 0 Å². The average Bonchev–Trinajstić information content (AvgIpc) is 2.59. The van der Waals surface area contributed by atoms with Crippen LogP contribution < -0.4 is 16.0 Å². The fourth-order valence-corrected chi connectivity index (χ4v) is 2.63. The number of nitrogens with one attached hydrogen (secondary N) is 3. The number of carbonyl (C=O) groups is 3. The second-order valence-corrected chi connectivity index (χ2v) is 6.48. The highest BCUT2D eigenvalue weighted by Crippen LogP contribution is 2.30. The van der Waals surface area contributed by atoms with Gasteiger partial charge in [-0.2, -0.15) is 13.2 Å². The first-order chi connectivity index (χ1) is 13.5. The summed E-state index contributed by atoms with van der Waals surface area (Å²) in [5.41, 5.74) is 0.514. The van der Waals surface area contributed by atoms with Gasteiger partial charge >= 0.3 is 6.18 Å². The summed E-state index contributed by atoms with van der Waals surface area (Å²) in [6, 6.07) is 8.28. The first-order valence-corrected chi connectivity index (χ1v) is 8.64. The lowest BCUT2D eigenvalue weighted by molar-refractivity contribution is -0.137. The largest absolute Gasteiger partial charge is 0.416 e. The molecule has 3 N–H and O–H groups in total. The molecule has 29 heavy (non-hydrogen) atoms. The average molecular weight is 407 g/mol. The van der Waals surface area contributed by atoms with Gasteiger partial charge in [-0.1, -0.05) is 12.1 Å². The Kier molecular flexibility index (Phi) is 6.63. The molecule has 0 spiro atoms. The molecule has 6 nitrogen and oxygen atoms in total. The molecule has 3 amide bonds. The fourth-order valence-electron chi connectivity index (χ4n) is 2.63. The third-order valence-corrected chi connectivity index (χ3v) is 3.92. The van der Waals surface area contributed by atoms with Gasteiger partial charge in [0, 0.05) is 30.8 Å². The smallest absolute Gasteiger partial charge is 0.346 e. The number of halogens is 3. The normalized spacial score (nSPS) is 12.1. The maximum atomic E-state index is 12.7. The van der Waals surface area contributed by atoms with E-state index in [4.69, 9.17) is 0 Å². The van der Waals surface area contributed by atoms with Crippen molar-refractivity contribution in [3.63, 3.8) is 0 Å². The highest BCUT2D eigenvalue weighted by atomic mass is 19.4. The molecule has 9 heteroatoms. The zero-order valence-electron chi connectivity index (χ0n) is 16.0. The van der Waals surface area contributed by atoms with E-state index in [0.29, 0.717) is 16.9 Å².